The molecule has 0 aliphatic carbocycles. The van der Waals surface area contributed by atoms with Crippen molar-refractivity contribution in [3.05, 3.63) is 38.8 Å². The topological polar surface area (TPSA) is 38.1 Å². The lowest BCUT2D eigenvalue weighted by Crippen LogP contribution is -2.11. The quantitative estimate of drug-likeness (QED) is 0.930. The van der Waals surface area contributed by atoms with Gasteiger partial charge in [-0.15, -0.1) is 11.3 Å². The maximum absolute atomic E-state index is 4.96. The Kier molecular flexibility index (Phi) is 3.34. The highest BCUT2D eigenvalue weighted by molar-refractivity contribution is 9.10. The van der Waals surface area contributed by atoms with Gasteiger partial charge in [0.05, 0.1) is 12.7 Å². The van der Waals surface area contributed by atoms with Crippen molar-refractivity contribution in [3.8, 4) is 0 Å². The Morgan fingerprint density at radius 1 is 1.43 bits per heavy atom. The van der Waals surface area contributed by atoms with E-state index in [9.17, 15) is 0 Å². The zero-order valence-corrected chi connectivity index (χ0v) is 9.77. The molecular formula is C9H9BrN2OS. The summed E-state index contributed by atoms with van der Waals surface area (Å²) in [7, 11) is 0. The van der Waals surface area contributed by atoms with Gasteiger partial charge in [-0.05, 0) is 27.4 Å². The van der Waals surface area contributed by atoms with Crippen molar-refractivity contribution >= 4 is 27.3 Å². The minimum absolute atomic E-state index is 0.713. The van der Waals surface area contributed by atoms with Crippen LogP contribution < -0.4 is 5.32 Å². The molecule has 74 valence electrons. The Labute approximate surface area is 94.2 Å². The molecule has 2 heterocycles. The molecule has 2 aromatic rings. The molecule has 0 aliphatic rings. The highest BCUT2D eigenvalue weighted by atomic mass is 79.9. The maximum atomic E-state index is 4.96. The summed E-state index contributed by atoms with van der Waals surface area (Å²) in [6, 6.07) is 3.91. The van der Waals surface area contributed by atoms with Crippen LogP contribution in [-0.2, 0) is 13.1 Å². The van der Waals surface area contributed by atoms with Crippen LogP contribution in [0.4, 0.5) is 0 Å². The second-order valence-corrected chi connectivity index (χ2v) is 4.63. The maximum Gasteiger partial charge on any atom is 0.150 e. The lowest BCUT2D eigenvalue weighted by Gasteiger charge is -1.99. The molecular weight excluding hydrogens is 264 g/mol. The summed E-state index contributed by atoms with van der Waals surface area (Å²) in [5.41, 5.74) is 0. The first kappa shape index (κ1) is 9.89. The minimum atomic E-state index is 0.713. The van der Waals surface area contributed by atoms with E-state index in [0.717, 1.165) is 16.8 Å². The number of rotatable bonds is 4. The average molecular weight is 273 g/mol. The first-order valence-electron chi connectivity index (χ1n) is 4.18. The Hall–Kier alpha value is -0.650. The summed E-state index contributed by atoms with van der Waals surface area (Å²) < 4.78 is 6.12. The van der Waals surface area contributed by atoms with Crippen LogP contribution in [0.3, 0.4) is 0 Å². The van der Waals surface area contributed by atoms with Crippen molar-refractivity contribution in [2.45, 2.75) is 13.1 Å². The van der Waals surface area contributed by atoms with E-state index < -0.39 is 0 Å². The third-order valence-corrected chi connectivity index (χ3v) is 3.69. The third-order valence-electron chi connectivity index (χ3n) is 1.77. The average Bonchev–Trinajstić information content (AvgIpc) is 2.78. The van der Waals surface area contributed by atoms with Crippen LogP contribution in [0.2, 0.25) is 0 Å². The van der Waals surface area contributed by atoms with Gasteiger partial charge in [0.1, 0.15) is 5.76 Å². The van der Waals surface area contributed by atoms with Gasteiger partial charge in [0, 0.05) is 22.0 Å². The summed E-state index contributed by atoms with van der Waals surface area (Å²) in [4.78, 5) is 1.30. The summed E-state index contributed by atoms with van der Waals surface area (Å²) in [5.74, 6) is 0.859. The highest BCUT2D eigenvalue weighted by Crippen LogP contribution is 2.22. The fraction of sp³-hybridized carbons (Fsp3) is 0.222. The summed E-state index contributed by atoms with van der Waals surface area (Å²) in [6.45, 7) is 1.56. The van der Waals surface area contributed by atoms with E-state index in [1.54, 1.807) is 17.5 Å². The third kappa shape index (κ3) is 2.43. The van der Waals surface area contributed by atoms with E-state index in [1.165, 1.54) is 4.88 Å². The standard InChI is InChI=1S/C9H9BrN2OS/c10-8-2-4-14-9(8)6-11-5-7-1-3-12-13-7/h1-4,11H,5-6H2. The molecule has 3 nitrogen and oxygen atoms in total. The largest absolute Gasteiger partial charge is 0.360 e. The van der Waals surface area contributed by atoms with Gasteiger partial charge >= 0.3 is 0 Å². The molecule has 0 fully saturated rings. The monoisotopic (exact) mass is 272 g/mol. The van der Waals surface area contributed by atoms with Crippen molar-refractivity contribution < 1.29 is 4.52 Å². The molecule has 5 heteroatoms. The van der Waals surface area contributed by atoms with E-state index >= 15 is 0 Å². The van der Waals surface area contributed by atoms with Crippen LogP contribution in [0, 0.1) is 0 Å². The Balaban J connectivity index is 1.81. The second-order valence-electron chi connectivity index (χ2n) is 2.77. The van der Waals surface area contributed by atoms with E-state index in [2.05, 4.69) is 37.8 Å². The van der Waals surface area contributed by atoms with Crippen LogP contribution in [0.1, 0.15) is 10.6 Å². The van der Waals surface area contributed by atoms with Gasteiger partial charge in [0.2, 0.25) is 0 Å². The van der Waals surface area contributed by atoms with Gasteiger partial charge in [-0.1, -0.05) is 5.16 Å². The van der Waals surface area contributed by atoms with Crippen LogP contribution in [0.25, 0.3) is 0 Å². The molecule has 2 aromatic heterocycles. The minimum Gasteiger partial charge on any atom is -0.360 e. The fourth-order valence-electron chi connectivity index (χ4n) is 1.08. The number of nitrogens with one attached hydrogen (secondary N) is 1. The van der Waals surface area contributed by atoms with Gasteiger partial charge in [-0.3, -0.25) is 0 Å². The zero-order chi connectivity index (χ0) is 9.80. The molecule has 0 spiro atoms. The molecule has 1 N–H and O–H groups in total. The molecule has 14 heavy (non-hydrogen) atoms. The summed E-state index contributed by atoms with van der Waals surface area (Å²) in [5, 5.41) is 8.98. The lowest BCUT2D eigenvalue weighted by atomic mass is 10.4. The normalized spacial score (nSPS) is 10.6. The second kappa shape index (κ2) is 4.72. The van der Waals surface area contributed by atoms with Gasteiger partial charge < -0.3 is 9.84 Å². The predicted molar refractivity (Wildman–Crippen MR) is 59.1 cm³/mol. The lowest BCUT2D eigenvalue weighted by molar-refractivity contribution is 0.373. The molecule has 0 saturated carbocycles. The number of hydrogen-bond donors (Lipinski definition) is 1. The molecule has 2 rings (SSSR count). The van der Waals surface area contributed by atoms with E-state index in [1.807, 2.05) is 6.07 Å². The smallest absolute Gasteiger partial charge is 0.150 e. The summed E-state index contributed by atoms with van der Waals surface area (Å²) >= 11 is 5.21. The number of aromatic nitrogens is 1. The molecule has 0 radical (unpaired) electrons. The molecule has 0 unspecified atom stereocenters. The first-order chi connectivity index (χ1) is 6.86. The Morgan fingerprint density at radius 2 is 2.36 bits per heavy atom. The number of hydrogen-bond acceptors (Lipinski definition) is 4. The number of halogens is 1. The van der Waals surface area contributed by atoms with Crippen molar-refractivity contribution in [1.29, 1.82) is 0 Å². The highest BCUT2D eigenvalue weighted by Gasteiger charge is 2.01. The van der Waals surface area contributed by atoms with E-state index in [4.69, 9.17) is 4.52 Å². The van der Waals surface area contributed by atoms with Crippen molar-refractivity contribution in [3.63, 3.8) is 0 Å². The van der Waals surface area contributed by atoms with Gasteiger partial charge in [-0.2, -0.15) is 0 Å². The van der Waals surface area contributed by atoms with Crippen molar-refractivity contribution in [2.75, 3.05) is 0 Å². The predicted octanol–water partition coefficient (Wildman–Crippen LogP) is 2.79. The first-order valence-corrected chi connectivity index (χ1v) is 5.85. The van der Waals surface area contributed by atoms with Crippen LogP contribution in [0.5, 0.6) is 0 Å². The fourth-order valence-corrected chi connectivity index (χ4v) is 2.55. The zero-order valence-electron chi connectivity index (χ0n) is 7.37. The molecule has 0 amide bonds. The van der Waals surface area contributed by atoms with Gasteiger partial charge in [0.15, 0.2) is 0 Å². The molecule has 0 atom stereocenters. The van der Waals surface area contributed by atoms with Crippen LogP contribution in [-0.4, -0.2) is 5.16 Å². The molecule has 0 bridgehead atoms. The SMILES string of the molecule is Brc1ccsc1CNCc1ccno1. The van der Waals surface area contributed by atoms with Crippen molar-refractivity contribution in [1.82, 2.24) is 10.5 Å². The van der Waals surface area contributed by atoms with Crippen LogP contribution >= 0.6 is 27.3 Å². The Morgan fingerprint density at radius 3 is 3.00 bits per heavy atom. The molecule has 0 aliphatic heterocycles. The molecule has 0 saturated heterocycles. The van der Waals surface area contributed by atoms with Crippen LogP contribution in [0.15, 0.2) is 32.7 Å². The number of thiophene rings is 1. The van der Waals surface area contributed by atoms with Gasteiger partial charge in [-0.25, -0.2) is 0 Å². The van der Waals surface area contributed by atoms with Gasteiger partial charge in [0.25, 0.3) is 0 Å². The Bertz CT molecular complexity index is 385. The summed E-state index contributed by atoms with van der Waals surface area (Å²) in [6.07, 6.45) is 1.65. The number of nitrogens with zero attached hydrogens (tertiary/aromatic N) is 1. The van der Waals surface area contributed by atoms with E-state index in [0.29, 0.717) is 6.54 Å². The van der Waals surface area contributed by atoms with Crippen molar-refractivity contribution in [2.24, 2.45) is 0 Å². The molecule has 0 aromatic carbocycles. The van der Waals surface area contributed by atoms with E-state index in [-0.39, 0.29) is 0 Å².